The largest absolute Gasteiger partial charge is 0.497 e. The van der Waals surface area contributed by atoms with Crippen LogP contribution >= 0.6 is 11.8 Å². The van der Waals surface area contributed by atoms with E-state index in [0.717, 1.165) is 12.2 Å². The first-order valence-corrected chi connectivity index (χ1v) is 6.68. The lowest BCUT2D eigenvalue weighted by Gasteiger charge is -2.08. The molecular weight excluding hydrogens is 238 g/mol. The summed E-state index contributed by atoms with van der Waals surface area (Å²) in [6, 6.07) is 4.93. The van der Waals surface area contributed by atoms with Crippen molar-refractivity contribution in [1.82, 2.24) is 0 Å². The van der Waals surface area contributed by atoms with E-state index >= 15 is 0 Å². The predicted molar refractivity (Wildman–Crippen MR) is 70.7 cm³/mol. The molecule has 0 fully saturated rings. The first kappa shape index (κ1) is 13.7. The molecule has 0 amide bonds. The third-order valence-corrected chi connectivity index (χ3v) is 2.90. The van der Waals surface area contributed by atoms with Crippen molar-refractivity contribution in [3.05, 3.63) is 23.8 Å². The van der Waals surface area contributed by atoms with Gasteiger partial charge in [0.2, 0.25) is 0 Å². The molecule has 5 heteroatoms. The average Bonchev–Trinajstić information content (AvgIpc) is 2.35. The highest BCUT2D eigenvalue weighted by molar-refractivity contribution is 7.98. The molecule has 0 bridgehead atoms. The van der Waals surface area contributed by atoms with Crippen molar-refractivity contribution in [1.29, 1.82) is 0 Å². The van der Waals surface area contributed by atoms with Crippen LogP contribution in [-0.4, -0.2) is 31.7 Å². The molecule has 1 aromatic rings. The Hall–Kier alpha value is -1.36. The van der Waals surface area contributed by atoms with Crippen LogP contribution in [0.5, 0.6) is 5.75 Å². The van der Waals surface area contributed by atoms with Gasteiger partial charge in [0, 0.05) is 5.69 Å². The summed E-state index contributed by atoms with van der Waals surface area (Å²) >= 11 is 1.72. The molecule has 0 unspecified atom stereocenters. The zero-order chi connectivity index (χ0) is 12.7. The van der Waals surface area contributed by atoms with Crippen LogP contribution in [0.4, 0.5) is 5.69 Å². The van der Waals surface area contributed by atoms with Crippen molar-refractivity contribution in [2.75, 3.05) is 31.5 Å². The van der Waals surface area contributed by atoms with E-state index < -0.39 is 5.97 Å². The number of esters is 1. The lowest BCUT2D eigenvalue weighted by atomic mass is 10.2. The first-order chi connectivity index (χ1) is 8.19. The van der Waals surface area contributed by atoms with Gasteiger partial charge in [0.1, 0.15) is 5.75 Å². The maximum absolute atomic E-state index is 11.7. The SMILES string of the molecule is COc1ccc(N)c(C(=O)OCCCSC)c1. The number of carbonyl (C=O) groups is 1. The minimum atomic E-state index is -0.400. The van der Waals surface area contributed by atoms with Crippen LogP contribution in [0.25, 0.3) is 0 Å². The van der Waals surface area contributed by atoms with Crippen LogP contribution in [0.15, 0.2) is 18.2 Å². The molecule has 1 aromatic carbocycles. The number of thioether (sulfide) groups is 1. The summed E-state index contributed by atoms with van der Waals surface area (Å²) in [5.74, 6) is 1.17. The van der Waals surface area contributed by atoms with E-state index in [1.165, 1.54) is 0 Å². The van der Waals surface area contributed by atoms with Crippen LogP contribution in [0.3, 0.4) is 0 Å². The number of nitrogens with two attached hydrogens (primary N) is 1. The second-order valence-corrected chi connectivity index (χ2v) is 4.42. The number of rotatable bonds is 6. The molecule has 0 saturated heterocycles. The molecule has 4 nitrogen and oxygen atoms in total. The number of hydrogen-bond acceptors (Lipinski definition) is 5. The predicted octanol–water partition coefficient (Wildman–Crippen LogP) is 2.19. The Morgan fingerprint density at radius 2 is 2.24 bits per heavy atom. The van der Waals surface area contributed by atoms with E-state index in [0.29, 0.717) is 23.6 Å². The zero-order valence-corrected chi connectivity index (χ0v) is 10.9. The van der Waals surface area contributed by atoms with Gasteiger partial charge < -0.3 is 15.2 Å². The molecule has 0 saturated carbocycles. The summed E-state index contributed by atoms with van der Waals surface area (Å²) in [4.78, 5) is 11.7. The third kappa shape index (κ3) is 4.19. The Bertz CT molecular complexity index is 382. The Kier molecular flexibility index (Phi) is 5.69. The van der Waals surface area contributed by atoms with Gasteiger partial charge in [-0.3, -0.25) is 0 Å². The lowest BCUT2D eigenvalue weighted by molar-refractivity contribution is 0.0507. The number of hydrogen-bond donors (Lipinski definition) is 1. The Morgan fingerprint density at radius 3 is 2.88 bits per heavy atom. The second-order valence-electron chi connectivity index (χ2n) is 3.44. The minimum absolute atomic E-state index is 0.355. The molecule has 0 aliphatic rings. The highest BCUT2D eigenvalue weighted by Gasteiger charge is 2.12. The van der Waals surface area contributed by atoms with Gasteiger partial charge in [-0.2, -0.15) is 11.8 Å². The second kappa shape index (κ2) is 7.06. The zero-order valence-electron chi connectivity index (χ0n) is 10.1. The van der Waals surface area contributed by atoms with Crippen LogP contribution in [0.1, 0.15) is 16.8 Å². The highest BCUT2D eigenvalue weighted by atomic mass is 32.2. The summed E-state index contributed by atoms with van der Waals surface area (Å²) < 4.78 is 10.2. The standard InChI is InChI=1S/C12H17NO3S/c1-15-9-4-5-11(13)10(8-9)12(14)16-6-3-7-17-2/h4-5,8H,3,6-7,13H2,1-2H3. The average molecular weight is 255 g/mol. The van der Waals surface area contributed by atoms with Crippen LogP contribution < -0.4 is 10.5 Å². The maximum atomic E-state index is 11.7. The van der Waals surface area contributed by atoms with Crippen molar-refractivity contribution in [2.45, 2.75) is 6.42 Å². The molecule has 2 N–H and O–H groups in total. The summed E-state index contributed by atoms with van der Waals surface area (Å²) in [5.41, 5.74) is 6.47. The molecule has 0 spiro atoms. The number of benzene rings is 1. The van der Waals surface area contributed by atoms with E-state index in [1.54, 1.807) is 37.1 Å². The maximum Gasteiger partial charge on any atom is 0.340 e. The number of carbonyl (C=O) groups excluding carboxylic acids is 1. The minimum Gasteiger partial charge on any atom is -0.497 e. The number of methoxy groups -OCH3 is 1. The molecule has 0 aromatic heterocycles. The molecule has 0 atom stereocenters. The van der Waals surface area contributed by atoms with E-state index in [4.69, 9.17) is 15.2 Å². The van der Waals surface area contributed by atoms with Crippen LogP contribution in [0, 0.1) is 0 Å². The molecular formula is C12H17NO3S. The topological polar surface area (TPSA) is 61.5 Å². The highest BCUT2D eigenvalue weighted by Crippen LogP contribution is 2.20. The number of ether oxygens (including phenoxy) is 2. The summed E-state index contributed by atoms with van der Waals surface area (Å²) in [6.07, 6.45) is 2.86. The van der Waals surface area contributed by atoms with Gasteiger partial charge in [0.15, 0.2) is 0 Å². The Balaban J connectivity index is 2.61. The molecule has 0 aliphatic heterocycles. The van der Waals surface area contributed by atoms with Gasteiger partial charge in [-0.25, -0.2) is 4.79 Å². The van der Waals surface area contributed by atoms with E-state index in [1.807, 2.05) is 6.26 Å². The van der Waals surface area contributed by atoms with Crippen molar-refractivity contribution in [3.8, 4) is 5.75 Å². The Labute approximate surface area is 105 Å². The van der Waals surface area contributed by atoms with Crippen molar-refractivity contribution in [2.24, 2.45) is 0 Å². The molecule has 1 rings (SSSR count). The molecule has 0 heterocycles. The van der Waals surface area contributed by atoms with Crippen molar-refractivity contribution in [3.63, 3.8) is 0 Å². The lowest BCUT2D eigenvalue weighted by Crippen LogP contribution is -2.09. The van der Waals surface area contributed by atoms with Gasteiger partial charge in [-0.1, -0.05) is 0 Å². The normalized spacial score (nSPS) is 10.0. The van der Waals surface area contributed by atoms with E-state index in [9.17, 15) is 4.79 Å². The Morgan fingerprint density at radius 1 is 1.47 bits per heavy atom. The first-order valence-electron chi connectivity index (χ1n) is 5.28. The summed E-state index contributed by atoms with van der Waals surface area (Å²) in [6.45, 7) is 0.413. The summed E-state index contributed by atoms with van der Waals surface area (Å²) in [5, 5.41) is 0. The van der Waals surface area contributed by atoms with Gasteiger partial charge in [-0.05, 0) is 36.6 Å². The molecule has 94 valence electrons. The molecule has 0 aliphatic carbocycles. The third-order valence-electron chi connectivity index (χ3n) is 2.21. The van der Waals surface area contributed by atoms with Gasteiger partial charge in [-0.15, -0.1) is 0 Å². The van der Waals surface area contributed by atoms with Crippen molar-refractivity contribution >= 4 is 23.4 Å². The fourth-order valence-electron chi connectivity index (χ4n) is 1.29. The van der Waals surface area contributed by atoms with Gasteiger partial charge in [0.05, 0.1) is 19.3 Å². The monoisotopic (exact) mass is 255 g/mol. The van der Waals surface area contributed by atoms with E-state index in [-0.39, 0.29) is 0 Å². The van der Waals surface area contributed by atoms with Crippen LogP contribution in [0.2, 0.25) is 0 Å². The van der Waals surface area contributed by atoms with Crippen LogP contribution in [-0.2, 0) is 4.74 Å². The molecule has 0 radical (unpaired) electrons. The fraction of sp³-hybridized carbons (Fsp3) is 0.417. The number of nitrogen functional groups attached to an aromatic ring is 1. The van der Waals surface area contributed by atoms with E-state index in [2.05, 4.69) is 0 Å². The molecule has 17 heavy (non-hydrogen) atoms. The summed E-state index contributed by atoms with van der Waals surface area (Å²) in [7, 11) is 1.54. The van der Waals surface area contributed by atoms with Crippen molar-refractivity contribution < 1.29 is 14.3 Å². The van der Waals surface area contributed by atoms with Gasteiger partial charge in [0.25, 0.3) is 0 Å². The fourth-order valence-corrected chi connectivity index (χ4v) is 1.69. The smallest absolute Gasteiger partial charge is 0.340 e. The quantitative estimate of drug-likeness (QED) is 0.479. The number of anilines is 1. The van der Waals surface area contributed by atoms with Gasteiger partial charge >= 0.3 is 5.97 Å².